The molecule has 1 aliphatic rings. The predicted molar refractivity (Wildman–Crippen MR) is 76.9 cm³/mol. The maximum Gasteiger partial charge on any atom is 0.273 e. The van der Waals surface area contributed by atoms with E-state index in [2.05, 4.69) is 16.9 Å². The second-order valence-electron chi connectivity index (χ2n) is 4.93. The Morgan fingerprint density at radius 2 is 2.26 bits per heavy atom. The van der Waals surface area contributed by atoms with Crippen molar-refractivity contribution in [3.05, 3.63) is 28.0 Å². The van der Waals surface area contributed by atoms with Gasteiger partial charge >= 0.3 is 0 Å². The molecule has 0 bridgehead atoms. The normalized spacial score (nSPS) is 19.7. The van der Waals surface area contributed by atoms with Gasteiger partial charge in [0.15, 0.2) is 0 Å². The quantitative estimate of drug-likeness (QED) is 0.805. The van der Waals surface area contributed by atoms with Gasteiger partial charge in [0, 0.05) is 19.6 Å². The average Bonchev–Trinajstić information content (AvgIpc) is 2.77. The van der Waals surface area contributed by atoms with Crippen molar-refractivity contribution in [3.8, 4) is 0 Å². The van der Waals surface area contributed by atoms with Crippen LogP contribution in [0, 0.1) is 0 Å². The van der Waals surface area contributed by atoms with Crippen molar-refractivity contribution < 1.29 is 4.79 Å². The number of amides is 1. The molecule has 1 atom stereocenters. The summed E-state index contributed by atoms with van der Waals surface area (Å²) in [7, 11) is 3.86. The number of likely N-dealkylation sites (N-methyl/N-ethyl adjacent to an activating group) is 2. The number of halogens is 2. The minimum Gasteiger partial charge on any atom is -0.339 e. The highest BCUT2D eigenvalue weighted by Crippen LogP contribution is 2.20. The largest absolute Gasteiger partial charge is 0.339 e. The maximum atomic E-state index is 12.3. The molecule has 1 amide bonds. The van der Waals surface area contributed by atoms with Crippen molar-refractivity contribution in [2.45, 2.75) is 18.9 Å². The molecule has 1 aliphatic heterocycles. The first-order valence-corrected chi connectivity index (χ1v) is 7.02. The molecule has 1 fully saturated rings. The third kappa shape index (κ3) is 3.38. The van der Waals surface area contributed by atoms with E-state index < -0.39 is 0 Å². The van der Waals surface area contributed by atoms with Gasteiger partial charge in [-0.25, -0.2) is 4.98 Å². The standard InChI is InChI=1S/C13H17Cl2N3O/c1-17-7-3-4-9(17)8-18(2)13(19)12-10(14)5-6-11(15)16-12/h5-6,9H,3-4,7-8H2,1-2H3. The molecule has 2 rings (SSSR count). The van der Waals surface area contributed by atoms with Crippen LogP contribution in [-0.4, -0.2) is 53.9 Å². The van der Waals surface area contributed by atoms with Crippen LogP contribution in [0.3, 0.4) is 0 Å². The fourth-order valence-electron chi connectivity index (χ4n) is 2.36. The number of carbonyl (C=O) groups is 1. The molecule has 1 unspecified atom stereocenters. The lowest BCUT2D eigenvalue weighted by molar-refractivity contribution is 0.0756. The lowest BCUT2D eigenvalue weighted by atomic mass is 10.2. The minimum atomic E-state index is -0.187. The number of carbonyl (C=O) groups excluding carboxylic acids is 1. The highest BCUT2D eigenvalue weighted by atomic mass is 35.5. The summed E-state index contributed by atoms with van der Waals surface area (Å²) < 4.78 is 0. The van der Waals surface area contributed by atoms with Gasteiger partial charge in [-0.3, -0.25) is 4.79 Å². The first-order chi connectivity index (χ1) is 8.99. The summed E-state index contributed by atoms with van der Waals surface area (Å²) in [6.07, 6.45) is 2.30. The minimum absolute atomic E-state index is 0.187. The Morgan fingerprint density at radius 1 is 1.53 bits per heavy atom. The van der Waals surface area contributed by atoms with Crippen LogP contribution < -0.4 is 0 Å². The molecule has 0 aliphatic carbocycles. The fraction of sp³-hybridized carbons (Fsp3) is 0.538. The number of nitrogens with zero attached hydrogens (tertiary/aromatic N) is 3. The Hall–Kier alpha value is -0.840. The van der Waals surface area contributed by atoms with E-state index in [-0.39, 0.29) is 16.8 Å². The van der Waals surface area contributed by atoms with Crippen LogP contribution in [0.15, 0.2) is 12.1 Å². The van der Waals surface area contributed by atoms with Crippen LogP contribution in [0.4, 0.5) is 0 Å². The third-order valence-electron chi connectivity index (χ3n) is 3.52. The third-order valence-corrected chi connectivity index (χ3v) is 4.03. The molecular formula is C13H17Cl2N3O. The van der Waals surface area contributed by atoms with Gasteiger partial charge in [-0.1, -0.05) is 23.2 Å². The zero-order valence-electron chi connectivity index (χ0n) is 11.1. The smallest absolute Gasteiger partial charge is 0.273 e. The molecule has 2 heterocycles. The van der Waals surface area contributed by atoms with Crippen LogP contribution in [0.25, 0.3) is 0 Å². The van der Waals surface area contributed by atoms with Gasteiger partial charge in [0.05, 0.1) is 5.02 Å². The monoisotopic (exact) mass is 301 g/mol. The van der Waals surface area contributed by atoms with Crippen molar-refractivity contribution in [2.75, 3.05) is 27.2 Å². The van der Waals surface area contributed by atoms with E-state index in [1.165, 1.54) is 6.42 Å². The lowest BCUT2D eigenvalue weighted by Gasteiger charge is -2.25. The molecule has 6 heteroatoms. The van der Waals surface area contributed by atoms with Crippen molar-refractivity contribution >= 4 is 29.1 Å². The average molecular weight is 302 g/mol. The summed E-state index contributed by atoms with van der Waals surface area (Å²) in [6.45, 7) is 1.77. The molecular weight excluding hydrogens is 285 g/mol. The Labute approximate surface area is 123 Å². The zero-order chi connectivity index (χ0) is 14.0. The molecule has 1 aromatic rings. The van der Waals surface area contributed by atoms with Crippen molar-refractivity contribution in [1.82, 2.24) is 14.8 Å². The highest BCUT2D eigenvalue weighted by molar-refractivity contribution is 6.34. The molecule has 4 nitrogen and oxygen atoms in total. The van der Waals surface area contributed by atoms with Gasteiger partial charge in [0.2, 0.25) is 0 Å². The van der Waals surface area contributed by atoms with Crippen LogP contribution in [0.5, 0.6) is 0 Å². The molecule has 0 radical (unpaired) electrons. The molecule has 0 N–H and O–H groups in total. The zero-order valence-corrected chi connectivity index (χ0v) is 12.6. The second kappa shape index (κ2) is 6.07. The van der Waals surface area contributed by atoms with Crippen LogP contribution in [0.2, 0.25) is 10.2 Å². The summed E-state index contributed by atoms with van der Waals surface area (Å²) in [5, 5.41) is 0.611. The molecule has 0 saturated carbocycles. The Morgan fingerprint density at radius 3 is 2.89 bits per heavy atom. The number of rotatable bonds is 3. The fourth-order valence-corrected chi connectivity index (χ4v) is 2.69. The van der Waals surface area contributed by atoms with Gasteiger partial charge in [0.25, 0.3) is 5.91 Å². The van der Waals surface area contributed by atoms with E-state index >= 15 is 0 Å². The van der Waals surface area contributed by atoms with Gasteiger partial charge in [-0.15, -0.1) is 0 Å². The number of pyridine rings is 1. The second-order valence-corrected chi connectivity index (χ2v) is 5.72. The molecule has 0 spiro atoms. The summed E-state index contributed by atoms with van der Waals surface area (Å²) in [5.41, 5.74) is 0.220. The summed E-state index contributed by atoms with van der Waals surface area (Å²) in [4.78, 5) is 20.3. The summed E-state index contributed by atoms with van der Waals surface area (Å²) in [6, 6.07) is 3.58. The molecule has 1 aromatic heterocycles. The summed E-state index contributed by atoms with van der Waals surface area (Å²) >= 11 is 11.8. The van der Waals surface area contributed by atoms with E-state index in [9.17, 15) is 4.79 Å². The first-order valence-electron chi connectivity index (χ1n) is 6.27. The van der Waals surface area contributed by atoms with Crippen molar-refractivity contribution in [3.63, 3.8) is 0 Å². The van der Waals surface area contributed by atoms with E-state index in [0.29, 0.717) is 17.6 Å². The Kier molecular flexibility index (Phi) is 4.66. The molecule has 19 heavy (non-hydrogen) atoms. The Balaban J connectivity index is 2.08. The van der Waals surface area contributed by atoms with E-state index in [4.69, 9.17) is 23.2 Å². The summed E-state index contributed by atoms with van der Waals surface area (Å²) in [5.74, 6) is -0.187. The number of hydrogen-bond acceptors (Lipinski definition) is 3. The van der Waals surface area contributed by atoms with Gasteiger partial charge in [-0.2, -0.15) is 0 Å². The number of hydrogen-bond donors (Lipinski definition) is 0. The van der Waals surface area contributed by atoms with Crippen LogP contribution in [0.1, 0.15) is 23.3 Å². The van der Waals surface area contributed by atoms with Crippen LogP contribution in [-0.2, 0) is 0 Å². The van der Waals surface area contributed by atoms with Gasteiger partial charge < -0.3 is 9.80 Å². The molecule has 104 valence electrons. The molecule has 0 aromatic carbocycles. The highest BCUT2D eigenvalue weighted by Gasteiger charge is 2.25. The lowest BCUT2D eigenvalue weighted by Crippen LogP contribution is -2.39. The van der Waals surface area contributed by atoms with Gasteiger partial charge in [-0.05, 0) is 38.6 Å². The molecule has 1 saturated heterocycles. The van der Waals surface area contributed by atoms with E-state index in [1.807, 2.05) is 0 Å². The Bertz CT molecular complexity index is 481. The predicted octanol–water partition coefficient (Wildman–Crippen LogP) is 2.55. The SMILES string of the molecule is CN(CC1CCCN1C)C(=O)c1nc(Cl)ccc1Cl. The van der Waals surface area contributed by atoms with Crippen LogP contribution >= 0.6 is 23.2 Å². The topological polar surface area (TPSA) is 36.4 Å². The van der Waals surface area contributed by atoms with Crippen molar-refractivity contribution in [2.24, 2.45) is 0 Å². The number of aromatic nitrogens is 1. The van der Waals surface area contributed by atoms with Crippen molar-refractivity contribution in [1.29, 1.82) is 0 Å². The van der Waals surface area contributed by atoms with Gasteiger partial charge in [0.1, 0.15) is 10.8 Å². The number of likely N-dealkylation sites (tertiary alicyclic amines) is 1. The first kappa shape index (κ1) is 14.6. The maximum absolute atomic E-state index is 12.3. The van der Waals surface area contributed by atoms with E-state index in [1.54, 1.807) is 24.1 Å². The van der Waals surface area contributed by atoms with E-state index in [0.717, 1.165) is 13.0 Å².